The van der Waals surface area contributed by atoms with Gasteiger partial charge in [0.2, 0.25) is 5.91 Å². The van der Waals surface area contributed by atoms with Crippen LogP contribution in [0.15, 0.2) is 0 Å². The number of nitrogens with one attached hydrogen (secondary N) is 1. The highest BCUT2D eigenvalue weighted by Crippen LogP contribution is 2.36. The van der Waals surface area contributed by atoms with Crippen LogP contribution < -0.4 is 5.32 Å². The molecule has 1 amide bonds. The Morgan fingerprint density at radius 3 is 2.70 bits per heavy atom. The number of ether oxygens (including phenoxy) is 2. The zero-order valence-electron chi connectivity index (χ0n) is 12.7. The van der Waals surface area contributed by atoms with Crippen LogP contribution in [0.4, 0.5) is 0 Å². The molecule has 2 rings (SSSR count). The highest BCUT2D eigenvalue weighted by molar-refractivity contribution is 7.98. The van der Waals surface area contributed by atoms with Gasteiger partial charge in [0, 0.05) is 31.1 Å². The van der Waals surface area contributed by atoms with Crippen LogP contribution in [0.3, 0.4) is 0 Å². The molecule has 0 bridgehead atoms. The van der Waals surface area contributed by atoms with Gasteiger partial charge in [-0.1, -0.05) is 19.8 Å². The van der Waals surface area contributed by atoms with E-state index in [4.69, 9.17) is 9.47 Å². The minimum absolute atomic E-state index is 0.0125. The van der Waals surface area contributed by atoms with Crippen molar-refractivity contribution in [1.82, 2.24) is 5.32 Å². The summed E-state index contributed by atoms with van der Waals surface area (Å²) < 4.78 is 12.1. The number of hydrogen-bond donors (Lipinski definition) is 1. The number of rotatable bonds is 5. The number of carbonyl (C=O) groups excluding carboxylic acids is 1. The van der Waals surface area contributed by atoms with Gasteiger partial charge in [-0.3, -0.25) is 4.79 Å². The Kier molecular flexibility index (Phi) is 6.18. The first-order valence-corrected chi connectivity index (χ1v) is 9.13. The molecule has 116 valence electrons. The smallest absolute Gasteiger partial charge is 0.223 e. The second-order valence-corrected chi connectivity index (χ2v) is 6.89. The van der Waals surface area contributed by atoms with Gasteiger partial charge in [0.15, 0.2) is 5.79 Å². The molecule has 2 fully saturated rings. The van der Waals surface area contributed by atoms with Crippen molar-refractivity contribution in [3.8, 4) is 0 Å². The van der Waals surface area contributed by atoms with E-state index >= 15 is 0 Å². The van der Waals surface area contributed by atoms with Crippen LogP contribution in [0.5, 0.6) is 0 Å². The van der Waals surface area contributed by atoms with Gasteiger partial charge in [0.05, 0.1) is 6.61 Å². The van der Waals surface area contributed by atoms with Crippen LogP contribution >= 0.6 is 11.8 Å². The highest BCUT2D eigenvalue weighted by atomic mass is 32.2. The topological polar surface area (TPSA) is 47.6 Å². The summed E-state index contributed by atoms with van der Waals surface area (Å²) in [6, 6.07) is 0. The van der Waals surface area contributed by atoms with Crippen LogP contribution in [0.1, 0.15) is 45.4 Å². The predicted molar refractivity (Wildman–Crippen MR) is 81.8 cm³/mol. The fourth-order valence-corrected chi connectivity index (χ4v) is 3.61. The Hall–Kier alpha value is -0.260. The Bertz CT molecular complexity index is 316. The van der Waals surface area contributed by atoms with E-state index in [1.165, 1.54) is 25.7 Å². The second kappa shape index (κ2) is 7.66. The molecule has 0 unspecified atom stereocenters. The van der Waals surface area contributed by atoms with Gasteiger partial charge >= 0.3 is 0 Å². The largest absolute Gasteiger partial charge is 0.353 e. The minimum Gasteiger partial charge on any atom is -0.353 e. The lowest BCUT2D eigenvalue weighted by molar-refractivity contribution is -0.175. The fraction of sp³-hybridized carbons (Fsp3) is 0.933. The Labute approximate surface area is 126 Å². The normalized spacial score (nSPS) is 27.2. The summed E-state index contributed by atoms with van der Waals surface area (Å²) in [4.78, 5) is 11.9. The molecule has 5 heteroatoms. The maximum Gasteiger partial charge on any atom is 0.223 e. The van der Waals surface area contributed by atoms with Gasteiger partial charge < -0.3 is 14.8 Å². The Morgan fingerprint density at radius 2 is 2.05 bits per heavy atom. The van der Waals surface area contributed by atoms with Crippen molar-refractivity contribution in [2.45, 2.75) is 57.3 Å². The summed E-state index contributed by atoms with van der Waals surface area (Å²) >= 11 is 1.70. The van der Waals surface area contributed by atoms with Gasteiger partial charge in [0.25, 0.3) is 0 Å². The Balaban J connectivity index is 1.74. The summed E-state index contributed by atoms with van der Waals surface area (Å²) in [6.07, 6.45) is 8.96. The molecular weight excluding hydrogens is 274 g/mol. The van der Waals surface area contributed by atoms with Crippen LogP contribution in [0.2, 0.25) is 0 Å². The summed E-state index contributed by atoms with van der Waals surface area (Å²) in [5, 5.41) is 2.99. The lowest BCUT2D eigenvalue weighted by atomic mass is 10.1. The van der Waals surface area contributed by atoms with Gasteiger partial charge in [0.1, 0.15) is 6.10 Å². The van der Waals surface area contributed by atoms with E-state index in [2.05, 4.69) is 5.32 Å². The maximum absolute atomic E-state index is 11.9. The zero-order chi connectivity index (χ0) is 14.4. The summed E-state index contributed by atoms with van der Waals surface area (Å²) in [5.74, 6) is 0.679. The predicted octanol–water partition coefficient (Wildman–Crippen LogP) is 2.57. The molecule has 1 saturated heterocycles. The third-order valence-electron chi connectivity index (χ3n) is 4.15. The first kappa shape index (κ1) is 16.1. The SMILES string of the molecule is CSC[C@H](C)C(=O)NC[C@H]1COC2(CCCCCC2)O1. The first-order valence-electron chi connectivity index (χ1n) is 7.74. The number of amides is 1. The van der Waals surface area contributed by atoms with Gasteiger partial charge in [-0.15, -0.1) is 0 Å². The van der Waals surface area contributed by atoms with Crippen molar-refractivity contribution in [3.63, 3.8) is 0 Å². The molecular formula is C15H27NO3S. The van der Waals surface area contributed by atoms with E-state index in [0.29, 0.717) is 13.2 Å². The van der Waals surface area contributed by atoms with E-state index in [0.717, 1.165) is 18.6 Å². The zero-order valence-corrected chi connectivity index (χ0v) is 13.5. The van der Waals surface area contributed by atoms with Crippen LogP contribution in [-0.2, 0) is 14.3 Å². The van der Waals surface area contributed by atoms with Gasteiger partial charge in [-0.2, -0.15) is 11.8 Å². The van der Waals surface area contributed by atoms with Crippen LogP contribution in [0, 0.1) is 5.92 Å². The molecule has 0 aromatic rings. The monoisotopic (exact) mass is 301 g/mol. The van der Waals surface area contributed by atoms with Crippen LogP contribution in [-0.4, -0.2) is 43.0 Å². The lowest BCUT2D eigenvalue weighted by Gasteiger charge is -2.26. The molecule has 0 radical (unpaired) electrons. The Morgan fingerprint density at radius 1 is 1.35 bits per heavy atom. The molecule has 4 nitrogen and oxygen atoms in total. The summed E-state index contributed by atoms with van der Waals surface area (Å²) in [5.41, 5.74) is 0. The van der Waals surface area contributed by atoms with Crippen molar-refractivity contribution < 1.29 is 14.3 Å². The molecule has 1 aliphatic heterocycles. The van der Waals surface area contributed by atoms with E-state index in [1.54, 1.807) is 11.8 Å². The maximum atomic E-state index is 11.9. The van der Waals surface area contributed by atoms with Gasteiger partial charge in [-0.05, 0) is 19.1 Å². The van der Waals surface area contributed by atoms with Crippen molar-refractivity contribution in [2.24, 2.45) is 5.92 Å². The van der Waals surface area contributed by atoms with E-state index in [1.807, 2.05) is 13.2 Å². The van der Waals surface area contributed by atoms with Crippen molar-refractivity contribution in [3.05, 3.63) is 0 Å². The molecule has 0 aromatic carbocycles. The van der Waals surface area contributed by atoms with Gasteiger partial charge in [-0.25, -0.2) is 0 Å². The third kappa shape index (κ3) is 4.37. The van der Waals surface area contributed by atoms with Crippen LogP contribution in [0.25, 0.3) is 0 Å². The first-order chi connectivity index (χ1) is 9.65. The van der Waals surface area contributed by atoms with E-state index in [9.17, 15) is 4.79 Å². The molecule has 0 aromatic heterocycles. The van der Waals surface area contributed by atoms with E-state index in [-0.39, 0.29) is 23.7 Å². The van der Waals surface area contributed by atoms with Crippen molar-refractivity contribution >= 4 is 17.7 Å². The molecule has 20 heavy (non-hydrogen) atoms. The summed E-state index contributed by atoms with van der Waals surface area (Å²) in [6.45, 7) is 3.14. The molecule has 1 saturated carbocycles. The molecule has 1 aliphatic carbocycles. The number of hydrogen-bond acceptors (Lipinski definition) is 4. The molecule has 1 N–H and O–H groups in total. The fourth-order valence-electron chi connectivity index (χ4n) is 2.96. The lowest BCUT2D eigenvalue weighted by Crippen LogP contribution is -2.38. The minimum atomic E-state index is -0.350. The standard InChI is InChI=1S/C15H27NO3S/c1-12(11-20-2)14(17)16-9-13-10-18-15(19-13)7-5-3-4-6-8-15/h12-13H,3-11H2,1-2H3,(H,16,17)/t12-,13-/m0/s1. The molecule has 2 atom stereocenters. The third-order valence-corrected chi connectivity index (χ3v) is 4.98. The van der Waals surface area contributed by atoms with Crippen molar-refractivity contribution in [2.75, 3.05) is 25.2 Å². The number of carbonyl (C=O) groups is 1. The van der Waals surface area contributed by atoms with E-state index < -0.39 is 0 Å². The number of thioether (sulfide) groups is 1. The quantitative estimate of drug-likeness (QED) is 0.848. The molecule has 1 heterocycles. The second-order valence-electron chi connectivity index (χ2n) is 5.98. The average Bonchev–Trinajstić information content (AvgIpc) is 2.68. The average molecular weight is 301 g/mol. The molecule has 2 aliphatic rings. The highest BCUT2D eigenvalue weighted by Gasteiger charge is 2.41. The molecule has 1 spiro atoms. The summed E-state index contributed by atoms with van der Waals surface area (Å²) in [7, 11) is 0. The van der Waals surface area contributed by atoms with Crippen molar-refractivity contribution in [1.29, 1.82) is 0 Å².